The summed E-state index contributed by atoms with van der Waals surface area (Å²) in [5.74, 6) is 0.859. The van der Waals surface area contributed by atoms with Crippen molar-refractivity contribution in [2.24, 2.45) is 4.99 Å². The fourth-order valence-electron chi connectivity index (χ4n) is 2.13. The fraction of sp³-hybridized carbons (Fsp3) is 0.706. The predicted molar refractivity (Wildman–Crippen MR) is 102 cm³/mol. The highest BCUT2D eigenvalue weighted by Crippen LogP contribution is 2.23. The van der Waals surface area contributed by atoms with E-state index in [1.165, 1.54) is 4.88 Å². The van der Waals surface area contributed by atoms with Gasteiger partial charge in [-0.1, -0.05) is 6.07 Å². The normalized spacial score (nSPS) is 13.3. The SMILES string of the molecule is CCNC(=NCC(c1cccs1)N(C)C)NCCCOCCOC. The zero-order valence-electron chi connectivity index (χ0n) is 15.4. The Morgan fingerprint density at radius 1 is 1.29 bits per heavy atom. The molecule has 0 fully saturated rings. The molecule has 0 amide bonds. The first-order valence-corrected chi connectivity index (χ1v) is 9.35. The van der Waals surface area contributed by atoms with E-state index in [1.54, 1.807) is 18.4 Å². The quantitative estimate of drug-likeness (QED) is 0.341. The molecule has 0 aliphatic carbocycles. The van der Waals surface area contributed by atoms with E-state index in [2.05, 4.69) is 54.1 Å². The second kappa shape index (κ2) is 13.2. The average Bonchev–Trinajstić information content (AvgIpc) is 3.08. The van der Waals surface area contributed by atoms with Crippen LogP contribution in [0.2, 0.25) is 0 Å². The predicted octanol–water partition coefficient (Wildman–Crippen LogP) is 1.96. The number of hydrogen-bond acceptors (Lipinski definition) is 5. The van der Waals surface area contributed by atoms with Gasteiger partial charge in [0.15, 0.2) is 5.96 Å². The molecule has 0 bridgehead atoms. The topological polar surface area (TPSA) is 58.1 Å². The summed E-state index contributed by atoms with van der Waals surface area (Å²) in [6.45, 7) is 6.51. The Morgan fingerprint density at radius 2 is 2.12 bits per heavy atom. The van der Waals surface area contributed by atoms with Gasteiger partial charge in [-0.2, -0.15) is 0 Å². The smallest absolute Gasteiger partial charge is 0.191 e. The molecule has 7 heteroatoms. The molecule has 1 rings (SSSR count). The molecule has 0 aromatic carbocycles. The van der Waals surface area contributed by atoms with Crippen molar-refractivity contribution in [3.63, 3.8) is 0 Å². The van der Waals surface area contributed by atoms with Crippen LogP contribution in [-0.2, 0) is 9.47 Å². The molecule has 6 nitrogen and oxygen atoms in total. The third-order valence-electron chi connectivity index (χ3n) is 3.45. The lowest BCUT2D eigenvalue weighted by atomic mass is 10.2. The monoisotopic (exact) mass is 356 g/mol. The minimum Gasteiger partial charge on any atom is -0.382 e. The molecule has 0 saturated heterocycles. The summed E-state index contributed by atoms with van der Waals surface area (Å²) in [4.78, 5) is 8.29. The van der Waals surface area contributed by atoms with E-state index in [-0.39, 0.29) is 0 Å². The maximum absolute atomic E-state index is 5.46. The highest BCUT2D eigenvalue weighted by molar-refractivity contribution is 7.10. The first-order chi connectivity index (χ1) is 11.7. The lowest BCUT2D eigenvalue weighted by Crippen LogP contribution is -2.38. The van der Waals surface area contributed by atoms with Crippen LogP contribution in [0.15, 0.2) is 22.5 Å². The number of nitrogens with one attached hydrogen (secondary N) is 2. The van der Waals surface area contributed by atoms with Crippen LogP contribution in [0.4, 0.5) is 0 Å². The number of rotatable bonds is 12. The van der Waals surface area contributed by atoms with Gasteiger partial charge < -0.3 is 25.0 Å². The maximum atomic E-state index is 5.46. The van der Waals surface area contributed by atoms with Gasteiger partial charge in [0, 0.05) is 31.7 Å². The van der Waals surface area contributed by atoms with Gasteiger partial charge >= 0.3 is 0 Å². The summed E-state index contributed by atoms with van der Waals surface area (Å²) < 4.78 is 10.4. The van der Waals surface area contributed by atoms with Crippen LogP contribution in [0, 0.1) is 0 Å². The zero-order chi connectivity index (χ0) is 17.6. The van der Waals surface area contributed by atoms with Crippen LogP contribution < -0.4 is 10.6 Å². The van der Waals surface area contributed by atoms with Gasteiger partial charge in [-0.3, -0.25) is 4.99 Å². The Bertz CT molecular complexity index is 438. The minimum atomic E-state index is 0.304. The molecule has 1 atom stereocenters. The van der Waals surface area contributed by atoms with E-state index < -0.39 is 0 Å². The Hall–Kier alpha value is -1.15. The summed E-state index contributed by atoms with van der Waals surface area (Å²) in [6.07, 6.45) is 0.941. The van der Waals surface area contributed by atoms with E-state index >= 15 is 0 Å². The lowest BCUT2D eigenvalue weighted by Gasteiger charge is -2.22. The average molecular weight is 357 g/mol. The first-order valence-electron chi connectivity index (χ1n) is 8.47. The molecule has 0 aliphatic rings. The van der Waals surface area contributed by atoms with Crippen LogP contribution >= 0.6 is 11.3 Å². The Labute approximate surface area is 150 Å². The van der Waals surface area contributed by atoms with Crippen molar-refractivity contribution >= 4 is 17.3 Å². The van der Waals surface area contributed by atoms with Crippen LogP contribution in [0.3, 0.4) is 0 Å². The van der Waals surface area contributed by atoms with Crippen molar-refractivity contribution in [3.05, 3.63) is 22.4 Å². The van der Waals surface area contributed by atoms with Crippen molar-refractivity contribution in [1.29, 1.82) is 0 Å². The molecule has 0 aliphatic heterocycles. The van der Waals surface area contributed by atoms with Crippen molar-refractivity contribution in [3.8, 4) is 0 Å². The van der Waals surface area contributed by atoms with E-state index in [4.69, 9.17) is 14.5 Å². The van der Waals surface area contributed by atoms with Crippen molar-refractivity contribution in [2.45, 2.75) is 19.4 Å². The Balaban J connectivity index is 2.40. The van der Waals surface area contributed by atoms with Crippen LogP contribution in [-0.4, -0.2) is 71.5 Å². The second-order valence-electron chi connectivity index (χ2n) is 5.60. The minimum absolute atomic E-state index is 0.304. The van der Waals surface area contributed by atoms with Gasteiger partial charge in [-0.15, -0.1) is 11.3 Å². The molecule has 138 valence electrons. The summed E-state index contributed by atoms with van der Waals surface area (Å²) in [6, 6.07) is 4.56. The number of guanidine groups is 1. The number of aliphatic imine (C=N–C) groups is 1. The second-order valence-corrected chi connectivity index (χ2v) is 6.58. The molecule has 1 unspecified atom stereocenters. The Morgan fingerprint density at radius 3 is 2.75 bits per heavy atom. The molecule has 0 spiro atoms. The van der Waals surface area contributed by atoms with Gasteiger partial charge in [0.25, 0.3) is 0 Å². The Kier molecular flexibility index (Phi) is 11.5. The third-order valence-corrected chi connectivity index (χ3v) is 4.42. The largest absolute Gasteiger partial charge is 0.382 e. The molecule has 1 aromatic rings. The third kappa shape index (κ3) is 8.63. The number of ether oxygens (including phenoxy) is 2. The first kappa shape index (κ1) is 20.9. The molecule has 2 N–H and O–H groups in total. The van der Waals surface area contributed by atoms with Crippen molar-refractivity contribution in [2.75, 3.05) is 60.7 Å². The van der Waals surface area contributed by atoms with Crippen LogP contribution in [0.25, 0.3) is 0 Å². The number of thiophene rings is 1. The number of hydrogen-bond donors (Lipinski definition) is 2. The van der Waals surface area contributed by atoms with Crippen molar-refractivity contribution < 1.29 is 9.47 Å². The zero-order valence-corrected chi connectivity index (χ0v) is 16.2. The van der Waals surface area contributed by atoms with Gasteiger partial charge in [0.05, 0.1) is 25.8 Å². The van der Waals surface area contributed by atoms with E-state index in [0.717, 1.165) is 38.6 Å². The standard InChI is InChI=1S/C17H32N4O2S/c1-5-18-17(19-9-7-10-23-12-11-22-4)20-14-15(21(2)3)16-8-6-13-24-16/h6,8,13,15H,5,7,9-12,14H2,1-4H3,(H2,18,19,20). The number of likely N-dealkylation sites (N-methyl/N-ethyl adjacent to an activating group) is 1. The maximum Gasteiger partial charge on any atom is 0.191 e. The molecule has 1 aromatic heterocycles. The highest BCUT2D eigenvalue weighted by atomic mass is 32.1. The van der Waals surface area contributed by atoms with Crippen molar-refractivity contribution in [1.82, 2.24) is 15.5 Å². The summed E-state index contributed by atoms with van der Waals surface area (Å²) >= 11 is 1.78. The summed E-state index contributed by atoms with van der Waals surface area (Å²) in [5, 5.41) is 8.77. The summed E-state index contributed by atoms with van der Waals surface area (Å²) in [5.41, 5.74) is 0. The van der Waals surface area contributed by atoms with Gasteiger partial charge in [0.2, 0.25) is 0 Å². The van der Waals surface area contributed by atoms with Gasteiger partial charge in [0.1, 0.15) is 0 Å². The van der Waals surface area contributed by atoms with Crippen LogP contribution in [0.1, 0.15) is 24.3 Å². The van der Waals surface area contributed by atoms with Gasteiger partial charge in [-0.25, -0.2) is 0 Å². The summed E-state index contributed by atoms with van der Waals surface area (Å²) in [7, 11) is 5.87. The molecule has 24 heavy (non-hydrogen) atoms. The van der Waals surface area contributed by atoms with Gasteiger partial charge in [-0.05, 0) is 38.9 Å². The molecule has 1 heterocycles. The fourth-order valence-corrected chi connectivity index (χ4v) is 3.05. The molecular weight excluding hydrogens is 324 g/mol. The van der Waals surface area contributed by atoms with E-state index in [0.29, 0.717) is 19.3 Å². The van der Waals surface area contributed by atoms with E-state index in [1.807, 2.05) is 0 Å². The number of methoxy groups -OCH3 is 1. The molecule has 0 radical (unpaired) electrons. The molecular formula is C17H32N4O2S. The lowest BCUT2D eigenvalue weighted by molar-refractivity contribution is 0.0698. The molecule has 0 saturated carbocycles. The highest BCUT2D eigenvalue weighted by Gasteiger charge is 2.14. The van der Waals surface area contributed by atoms with Crippen LogP contribution in [0.5, 0.6) is 0 Å². The van der Waals surface area contributed by atoms with E-state index in [9.17, 15) is 0 Å². The number of nitrogens with zero attached hydrogens (tertiary/aromatic N) is 2.